The Kier molecular flexibility index (Phi) is 5.51. The molecule has 0 aliphatic rings. The number of hydrogen-bond acceptors (Lipinski definition) is 3. The van der Waals surface area contributed by atoms with E-state index in [9.17, 15) is 5.11 Å². The first-order valence-electron chi connectivity index (χ1n) is 7.32. The molecule has 0 spiro atoms. The van der Waals surface area contributed by atoms with E-state index in [1.807, 2.05) is 43.4 Å². The Bertz CT molecular complexity index is 527. The number of hydrogen-bond donors (Lipinski definition) is 2. The number of nitrogens with two attached hydrogens (primary N) is 1. The van der Waals surface area contributed by atoms with Gasteiger partial charge in [0.25, 0.3) is 0 Å². The summed E-state index contributed by atoms with van der Waals surface area (Å²) in [7, 11) is 2.05. The van der Waals surface area contributed by atoms with Gasteiger partial charge >= 0.3 is 0 Å². The Hall–Kier alpha value is -1.68. The van der Waals surface area contributed by atoms with E-state index in [0.29, 0.717) is 0 Å². The Morgan fingerprint density at radius 2 is 1.52 bits per heavy atom. The van der Waals surface area contributed by atoms with E-state index in [4.69, 9.17) is 5.73 Å². The van der Waals surface area contributed by atoms with Crippen molar-refractivity contribution in [3.05, 3.63) is 71.8 Å². The Morgan fingerprint density at radius 1 is 1.00 bits per heavy atom. The molecule has 0 bridgehead atoms. The summed E-state index contributed by atoms with van der Waals surface area (Å²) >= 11 is 0. The second kappa shape index (κ2) is 7.36. The topological polar surface area (TPSA) is 49.5 Å². The minimum absolute atomic E-state index is 0.0218. The zero-order valence-electron chi connectivity index (χ0n) is 12.7. The summed E-state index contributed by atoms with van der Waals surface area (Å²) in [6, 6.07) is 20.1. The van der Waals surface area contributed by atoms with E-state index in [1.54, 1.807) is 6.92 Å². The molecule has 3 N–H and O–H groups in total. The summed E-state index contributed by atoms with van der Waals surface area (Å²) in [5.74, 6) is 0. The van der Waals surface area contributed by atoms with E-state index < -0.39 is 6.10 Å². The highest BCUT2D eigenvalue weighted by Crippen LogP contribution is 2.25. The molecule has 0 aliphatic heterocycles. The van der Waals surface area contributed by atoms with Gasteiger partial charge in [-0.1, -0.05) is 60.7 Å². The van der Waals surface area contributed by atoms with Crippen LogP contribution < -0.4 is 5.73 Å². The number of aliphatic hydroxyl groups is 1. The molecule has 0 saturated carbocycles. The second-order valence-corrected chi connectivity index (χ2v) is 5.57. The highest BCUT2D eigenvalue weighted by molar-refractivity contribution is 5.22. The third-order valence-electron chi connectivity index (χ3n) is 3.81. The van der Waals surface area contributed by atoms with Crippen LogP contribution in [0.5, 0.6) is 0 Å². The summed E-state index contributed by atoms with van der Waals surface area (Å²) in [4.78, 5) is 2.20. The predicted octanol–water partition coefficient (Wildman–Crippen LogP) is 2.57. The van der Waals surface area contributed by atoms with Crippen LogP contribution >= 0.6 is 0 Å². The maximum Gasteiger partial charge on any atom is 0.0681 e. The van der Waals surface area contributed by atoms with Crippen molar-refractivity contribution in [1.29, 1.82) is 0 Å². The quantitative estimate of drug-likeness (QED) is 0.857. The monoisotopic (exact) mass is 284 g/mol. The lowest BCUT2D eigenvalue weighted by Gasteiger charge is -2.34. The van der Waals surface area contributed by atoms with E-state index in [1.165, 1.54) is 5.56 Å². The maximum atomic E-state index is 9.92. The number of aliphatic hydroxyl groups excluding tert-OH is 1. The predicted molar refractivity (Wildman–Crippen MR) is 86.7 cm³/mol. The van der Waals surface area contributed by atoms with Crippen molar-refractivity contribution in [2.45, 2.75) is 31.7 Å². The molecule has 3 atom stereocenters. The third-order valence-corrected chi connectivity index (χ3v) is 3.81. The lowest BCUT2D eigenvalue weighted by molar-refractivity contribution is 0.0974. The first-order valence-corrected chi connectivity index (χ1v) is 7.32. The van der Waals surface area contributed by atoms with Crippen molar-refractivity contribution >= 4 is 0 Å². The van der Waals surface area contributed by atoms with Crippen molar-refractivity contribution < 1.29 is 5.11 Å². The molecule has 3 heteroatoms. The maximum absolute atomic E-state index is 9.92. The van der Waals surface area contributed by atoms with E-state index in [0.717, 1.165) is 12.1 Å². The van der Waals surface area contributed by atoms with Crippen LogP contribution in [0.4, 0.5) is 0 Å². The molecule has 0 heterocycles. The molecule has 112 valence electrons. The van der Waals surface area contributed by atoms with Gasteiger partial charge in [-0.05, 0) is 25.1 Å². The molecule has 1 unspecified atom stereocenters. The highest BCUT2D eigenvalue weighted by atomic mass is 16.3. The number of nitrogens with zero attached hydrogens (tertiary/aromatic N) is 1. The highest BCUT2D eigenvalue weighted by Gasteiger charge is 2.27. The zero-order valence-corrected chi connectivity index (χ0v) is 12.7. The van der Waals surface area contributed by atoms with Crippen molar-refractivity contribution in [3.63, 3.8) is 0 Å². The lowest BCUT2D eigenvalue weighted by Crippen LogP contribution is -2.45. The average Bonchev–Trinajstić information content (AvgIpc) is 2.49. The van der Waals surface area contributed by atoms with Crippen molar-refractivity contribution in [1.82, 2.24) is 4.90 Å². The van der Waals surface area contributed by atoms with Gasteiger partial charge in [-0.15, -0.1) is 0 Å². The van der Waals surface area contributed by atoms with Gasteiger partial charge in [0.1, 0.15) is 0 Å². The largest absolute Gasteiger partial charge is 0.392 e. The molecule has 0 radical (unpaired) electrons. The van der Waals surface area contributed by atoms with Crippen LogP contribution in [0, 0.1) is 0 Å². The summed E-state index contributed by atoms with van der Waals surface area (Å²) in [6.45, 7) is 2.54. The van der Waals surface area contributed by atoms with Crippen LogP contribution in [0.25, 0.3) is 0 Å². The summed E-state index contributed by atoms with van der Waals surface area (Å²) in [5.41, 5.74) is 8.62. The summed E-state index contributed by atoms with van der Waals surface area (Å²) in [6.07, 6.45) is -0.562. The Balaban J connectivity index is 2.23. The first kappa shape index (κ1) is 15.7. The Labute approximate surface area is 127 Å². The van der Waals surface area contributed by atoms with Crippen LogP contribution in [0.3, 0.4) is 0 Å². The molecular formula is C18H24N2O. The minimum Gasteiger partial charge on any atom is -0.392 e. The van der Waals surface area contributed by atoms with Crippen molar-refractivity contribution in [2.24, 2.45) is 5.73 Å². The molecule has 2 aromatic rings. The van der Waals surface area contributed by atoms with E-state index in [2.05, 4.69) is 29.2 Å². The van der Waals surface area contributed by atoms with Gasteiger partial charge in [0.2, 0.25) is 0 Å². The molecule has 0 fully saturated rings. The average molecular weight is 284 g/mol. The number of likely N-dealkylation sites (N-methyl/N-ethyl adjacent to an activating group) is 1. The standard InChI is InChI=1S/C18H24N2O/c1-14(21)17(19)18(16-11-7-4-8-12-16)20(2)13-15-9-5-3-6-10-15/h3-12,14,17-18,21H,13,19H2,1-2H3/t14-,17-,18?/m0/s1. The molecule has 0 aromatic heterocycles. The fourth-order valence-corrected chi connectivity index (χ4v) is 2.65. The smallest absolute Gasteiger partial charge is 0.0681 e. The van der Waals surface area contributed by atoms with Crippen LogP contribution in [0.2, 0.25) is 0 Å². The molecule has 0 aliphatic carbocycles. The van der Waals surface area contributed by atoms with Gasteiger partial charge in [0, 0.05) is 6.54 Å². The Morgan fingerprint density at radius 3 is 2.05 bits per heavy atom. The number of rotatable bonds is 6. The van der Waals surface area contributed by atoms with Gasteiger partial charge in [0.05, 0.1) is 18.2 Å². The van der Waals surface area contributed by atoms with Gasteiger partial charge in [-0.2, -0.15) is 0 Å². The molecule has 3 nitrogen and oxygen atoms in total. The lowest BCUT2D eigenvalue weighted by atomic mass is 9.95. The van der Waals surface area contributed by atoms with E-state index in [-0.39, 0.29) is 12.1 Å². The normalized spacial score (nSPS) is 15.7. The zero-order chi connectivity index (χ0) is 15.2. The first-order chi connectivity index (χ1) is 10.1. The fraction of sp³-hybridized carbons (Fsp3) is 0.333. The third kappa shape index (κ3) is 4.14. The van der Waals surface area contributed by atoms with Crippen LogP contribution in [-0.2, 0) is 6.54 Å². The molecule has 2 aromatic carbocycles. The van der Waals surface area contributed by atoms with Gasteiger partial charge in [-0.25, -0.2) is 0 Å². The number of benzene rings is 2. The molecule has 0 saturated heterocycles. The molecule has 21 heavy (non-hydrogen) atoms. The molecular weight excluding hydrogens is 260 g/mol. The summed E-state index contributed by atoms with van der Waals surface area (Å²) in [5, 5.41) is 9.92. The second-order valence-electron chi connectivity index (χ2n) is 5.57. The van der Waals surface area contributed by atoms with E-state index >= 15 is 0 Å². The van der Waals surface area contributed by atoms with Crippen LogP contribution in [0.1, 0.15) is 24.1 Å². The van der Waals surface area contributed by atoms with Crippen molar-refractivity contribution in [2.75, 3.05) is 7.05 Å². The summed E-state index contributed by atoms with van der Waals surface area (Å²) < 4.78 is 0. The molecule has 0 amide bonds. The molecule has 2 rings (SSSR count). The minimum atomic E-state index is -0.562. The SMILES string of the molecule is C[C@H](O)[C@H](N)C(c1ccccc1)N(C)Cc1ccccc1. The van der Waals surface area contributed by atoms with Gasteiger partial charge in [-0.3, -0.25) is 4.90 Å². The van der Waals surface area contributed by atoms with Gasteiger partial charge < -0.3 is 10.8 Å². The van der Waals surface area contributed by atoms with Crippen molar-refractivity contribution in [3.8, 4) is 0 Å². The van der Waals surface area contributed by atoms with Gasteiger partial charge in [0.15, 0.2) is 0 Å². The van der Waals surface area contributed by atoms with Crippen LogP contribution in [0.15, 0.2) is 60.7 Å². The fourth-order valence-electron chi connectivity index (χ4n) is 2.65. The van der Waals surface area contributed by atoms with Crippen LogP contribution in [-0.4, -0.2) is 29.2 Å².